The van der Waals surface area contributed by atoms with Gasteiger partial charge in [0.25, 0.3) is 0 Å². The van der Waals surface area contributed by atoms with Gasteiger partial charge in [-0.15, -0.1) is 0 Å². The zero-order valence-electron chi connectivity index (χ0n) is 14.6. The number of benzene rings is 1. The molecule has 2 heterocycles. The zero-order valence-corrected chi connectivity index (χ0v) is 14.6. The van der Waals surface area contributed by atoms with Gasteiger partial charge in [-0.25, -0.2) is 9.18 Å². The van der Waals surface area contributed by atoms with Crippen molar-refractivity contribution in [1.82, 2.24) is 14.7 Å². The van der Waals surface area contributed by atoms with Gasteiger partial charge in [-0.05, 0) is 43.5 Å². The number of nitrogens with one attached hydrogen (secondary N) is 1. The van der Waals surface area contributed by atoms with Crippen molar-refractivity contribution in [2.24, 2.45) is 0 Å². The highest BCUT2D eigenvalue weighted by Gasteiger charge is 2.25. The number of hydrogen-bond acceptors (Lipinski definition) is 3. The molecule has 0 bridgehead atoms. The van der Waals surface area contributed by atoms with Crippen LogP contribution in [0.25, 0.3) is 0 Å². The van der Waals surface area contributed by atoms with Crippen LogP contribution in [-0.2, 0) is 4.79 Å². The van der Waals surface area contributed by atoms with Gasteiger partial charge in [-0.2, -0.15) is 0 Å². The average Bonchev–Trinajstić information content (AvgIpc) is 3.13. The number of nitrogens with zero attached hydrogens (tertiary/aromatic N) is 3. The second kappa shape index (κ2) is 7.82. The summed E-state index contributed by atoms with van der Waals surface area (Å²) >= 11 is 0. The summed E-state index contributed by atoms with van der Waals surface area (Å²) in [4.78, 5) is 30.3. The summed E-state index contributed by atoms with van der Waals surface area (Å²) in [5, 5.41) is 2.81. The third-order valence-corrected chi connectivity index (χ3v) is 4.89. The van der Waals surface area contributed by atoms with Crippen molar-refractivity contribution in [3.05, 3.63) is 29.6 Å². The Balaban J connectivity index is 1.45. The summed E-state index contributed by atoms with van der Waals surface area (Å²) in [6.07, 6.45) is 2.20. The Morgan fingerprint density at radius 3 is 2.36 bits per heavy atom. The molecule has 3 rings (SSSR count). The van der Waals surface area contributed by atoms with Crippen LogP contribution in [-0.4, -0.2) is 72.5 Å². The maximum Gasteiger partial charge on any atom is 0.321 e. The predicted octanol–water partition coefficient (Wildman–Crippen LogP) is 1.91. The van der Waals surface area contributed by atoms with Gasteiger partial charge in [0.2, 0.25) is 5.91 Å². The van der Waals surface area contributed by atoms with Crippen LogP contribution in [0.15, 0.2) is 18.2 Å². The van der Waals surface area contributed by atoms with Crippen LogP contribution in [0.4, 0.5) is 14.9 Å². The summed E-state index contributed by atoms with van der Waals surface area (Å²) in [5.41, 5.74) is 1.10. The number of piperazine rings is 1. The summed E-state index contributed by atoms with van der Waals surface area (Å²) in [5.74, 6) is -0.0912. The molecule has 0 radical (unpaired) electrons. The van der Waals surface area contributed by atoms with Gasteiger partial charge in [-0.3, -0.25) is 9.69 Å². The topological polar surface area (TPSA) is 55.9 Å². The lowest BCUT2D eigenvalue weighted by atomic mass is 10.2. The molecule has 0 aliphatic carbocycles. The van der Waals surface area contributed by atoms with Gasteiger partial charge in [0, 0.05) is 45.0 Å². The van der Waals surface area contributed by atoms with E-state index in [1.54, 1.807) is 24.0 Å². The fraction of sp³-hybridized carbons (Fsp3) is 0.556. The zero-order chi connectivity index (χ0) is 17.8. The van der Waals surface area contributed by atoms with E-state index in [0.29, 0.717) is 44.0 Å². The number of aryl methyl sites for hydroxylation is 1. The highest BCUT2D eigenvalue weighted by molar-refractivity contribution is 5.89. The molecule has 25 heavy (non-hydrogen) atoms. The van der Waals surface area contributed by atoms with Crippen molar-refractivity contribution in [3.8, 4) is 0 Å². The third kappa shape index (κ3) is 4.48. The van der Waals surface area contributed by atoms with E-state index in [9.17, 15) is 14.0 Å². The summed E-state index contributed by atoms with van der Waals surface area (Å²) < 4.78 is 13.3. The fourth-order valence-corrected chi connectivity index (χ4v) is 3.29. The molecule has 1 aromatic rings. The molecule has 0 atom stereocenters. The third-order valence-electron chi connectivity index (χ3n) is 4.89. The molecular formula is C18H25FN4O2. The van der Waals surface area contributed by atoms with Gasteiger partial charge < -0.3 is 15.1 Å². The van der Waals surface area contributed by atoms with Gasteiger partial charge in [0.15, 0.2) is 0 Å². The first kappa shape index (κ1) is 17.7. The van der Waals surface area contributed by atoms with Crippen LogP contribution < -0.4 is 5.32 Å². The minimum Gasteiger partial charge on any atom is -0.342 e. The Hall–Kier alpha value is -2.15. The van der Waals surface area contributed by atoms with E-state index in [-0.39, 0.29) is 17.8 Å². The molecule has 0 spiro atoms. The number of carbonyl (C=O) groups excluding carboxylic acids is 2. The Labute approximate surface area is 147 Å². The van der Waals surface area contributed by atoms with E-state index in [4.69, 9.17) is 0 Å². The van der Waals surface area contributed by atoms with Crippen LogP contribution in [0.1, 0.15) is 18.4 Å². The number of hydrogen-bond donors (Lipinski definition) is 1. The van der Waals surface area contributed by atoms with Crippen LogP contribution >= 0.6 is 0 Å². The van der Waals surface area contributed by atoms with E-state index < -0.39 is 0 Å². The van der Waals surface area contributed by atoms with Gasteiger partial charge >= 0.3 is 6.03 Å². The average molecular weight is 348 g/mol. The smallest absolute Gasteiger partial charge is 0.321 e. The molecule has 0 saturated carbocycles. The fourth-order valence-electron chi connectivity index (χ4n) is 3.29. The van der Waals surface area contributed by atoms with Crippen molar-refractivity contribution in [2.75, 3.05) is 51.1 Å². The molecule has 3 amide bonds. The molecule has 136 valence electrons. The van der Waals surface area contributed by atoms with Crippen molar-refractivity contribution < 1.29 is 14.0 Å². The molecule has 2 fully saturated rings. The van der Waals surface area contributed by atoms with Crippen molar-refractivity contribution >= 4 is 17.6 Å². The number of amides is 3. The number of anilines is 1. The number of halogens is 1. The first-order chi connectivity index (χ1) is 12.0. The maximum absolute atomic E-state index is 13.3. The van der Waals surface area contributed by atoms with E-state index in [0.717, 1.165) is 25.9 Å². The van der Waals surface area contributed by atoms with Crippen LogP contribution in [0.5, 0.6) is 0 Å². The molecule has 0 aromatic heterocycles. The van der Waals surface area contributed by atoms with E-state index in [2.05, 4.69) is 10.2 Å². The normalized spacial score (nSPS) is 18.5. The maximum atomic E-state index is 13.3. The molecular weight excluding hydrogens is 323 g/mol. The van der Waals surface area contributed by atoms with Gasteiger partial charge in [-0.1, -0.05) is 0 Å². The molecule has 2 saturated heterocycles. The quantitative estimate of drug-likeness (QED) is 0.908. The Bertz CT molecular complexity index is 638. The second-order valence-corrected chi connectivity index (χ2v) is 6.75. The number of rotatable bonds is 3. The molecule has 1 N–H and O–H groups in total. The molecule has 2 aliphatic rings. The first-order valence-corrected chi connectivity index (χ1v) is 8.85. The van der Waals surface area contributed by atoms with Crippen LogP contribution in [0.2, 0.25) is 0 Å². The number of urea groups is 1. The van der Waals surface area contributed by atoms with Gasteiger partial charge in [0.05, 0.1) is 6.54 Å². The van der Waals surface area contributed by atoms with Gasteiger partial charge in [0.1, 0.15) is 5.82 Å². The molecule has 6 nitrogen and oxygen atoms in total. The SMILES string of the molecule is Cc1cc(NC(=O)N2CCN(CC(=O)N3CCCC3)CC2)ccc1F. The predicted molar refractivity (Wildman–Crippen MR) is 94.0 cm³/mol. The Morgan fingerprint density at radius 2 is 1.72 bits per heavy atom. The van der Waals surface area contributed by atoms with E-state index in [1.807, 2.05) is 4.90 Å². The summed E-state index contributed by atoms with van der Waals surface area (Å²) in [7, 11) is 0. The second-order valence-electron chi connectivity index (χ2n) is 6.75. The highest BCUT2D eigenvalue weighted by Crippen LogP contribution is 2.15. The Kier molecular flexibility index (Phi) is 5.53. The monoisotopic (exact) mass is 348 g/mol. The van der Waals surface area contributed by atoms with Crippen LogP contribution in [0, 0.1) is 12.7 Å². The van der Waals surface area contributed by atoms with Crippen molar-refractivity contribution in [1.29, 1.82) is 0 Å². The first-order valence-electron chi connectivity index (χ1n) is 8.85. The molecule has 1 aromatic carbocycles. The number of likely N-dealkylation sites (tertiary alicyclic amines) is 1. The van der Waals surface area contributed by atoms with Crippen molar-refractivity contribution in [2.45, 2.75) is 19.8 Å². The van der Waals surface area contributed by atoms with E-state index >= 15 is 0 Å². The lowest BCUT2D eigenvalue weighted by Gasteiger charge is -2.35. The lowest BCUT2D eigenvalue weighted by molar-refractivity contribution is -0.131. The highest BCUT2D eigenvalue weighted by atomic mass is 19.1. The summed E-state index contributed by atoms with van der Waals surface area (Å²) in [6, 6.07) is 4.35. The molecule has 7 heteroatoms. The largest absolute Gasteiger partial charge is 0.342 e. The summed E-state index contributed by atoms with van der Waals surface area (Å²) in [6.45, 7) is 6.40. The number of carbonyl (C=O) groups is 2. The van der Waals surface area contributed by atoms with Crippen LogP contribution in [0.3, 0.4) is 0 Å². The Morgan fingerprint density at radius 1 is 1.04 bits per heavy atom. The molecule has 0 unspecified atom stereocenters. The minimum absolute atomic E-state index is 0.184. The van der Waals surface area contributed by atoms with Crippen molar-refractivity contribution in [3.63, 3.8) is 0 Å². The minimum atomic E-state index is -0.283. The molecule has 2 aliphatic heterocycles. The standard InChI is InChI=1S/C18H25FN4O2/c1-14-12-15(4-5-16(14)19)20-18(25)23-10-8-21(9-11-23)13-17(24)22-6-2-3-7-22/h4-5,12H,2-3,6-11,13H2,1H3,(H,20,25). The lowest BCUT2D eigenvalue weighted by Crippen LogP contribution is -2.52. The van der Waals surface area contributed by atoms with E-state index in [1.165, 1.54) is 6.07 Å².